The molecule has 0 amide bonds. The molecule has 2 unspecified atom stereocenters. The van der Waals surface area contributed by atoms with Crippen molar-refractivity contribution >= 4 is 17.2 Å². The van der Waals surface area contributed by atoms with Crippen molar-refractivity contribution in [2.24, 2.45) is 0 Å². The highest BCUT2D eigenvalue weighted by Gasteiger charge is 2.15. The summed E-state index contributed by atoms with van der Waals surface area (Å²) in [6.07, 6.45) is 4.86. The van der Waals surface area contributed by atoms with Gasteiger partial charge in [-0.15, -0.1) is 17.2 Å². The van der Waals surface area contributed by atoms with E-state index in [2.05, 4.69) is 67.2 Å². The van der Waals surface area contributed by atoms with Crippen LogP contribution >= 0.6 is 17.2 Å². The normalized spacial score (nSPS) is 13.5. The minimum Gasteiger partial charge on any atom is -0.380 e. The van der Waals surface area contributed by atoms with Crippen molar-refractivity contribution in [1.82, 2.24) is 4.90 Å². The van der Waals surface area contributed by atoms with Crippen molar-refractivity contribution in [2.75, 3.05) is 57.5 Å². The predicted molar refractivity (Wildman–Crippen MR) is 141 cm³/mol. The molecule has 0 aromatic carbocycles. The fourth-order valence-electron chi connectivity index (χ4n) is 3.06. The summed E-state index contributed by atoms with van der Waals surface area (Å²) in [5.41, 5.74) is 0. The second-order valence-electron chi connectivity index (χ2n) is 9.05. The smallest absolute Gasteiger partial charge is 0.161 e. The van der Waals surface area contributed by atoms with Gasteiger partial charge in [0, 0.05) is 38.6 Å². The first-order valence-corrected chi connectivity index (χ1v) is 15.3. The largest absolute Gasteiger partial charge is 0.380 e. The van der Waals surface area contributed by atoms with E-state index in [4.69, 9.17) is 23.7 Å². The Balaban J connectivity index is 4.39. The van der Waals surface area contributed by atoms with Gasteiger partial charge in [-0.1, -0.05) is 0 Å². The Bertz CT molecular complexity index is 362. The highest BCUT2D eigenvalue weighted by molar-refractivity contribution is 7.38. The summed E-state index contributed by atoms with van der Waals surface area (Å²) in [5.74, 6) is 0. The van der Waals surface area contributed by atoms with E-state index in [1.54, 1.807) is 0 Å². The minimum absolute atomic E-state index is 0.0921. The summed E-state index contributed by atoms with van der Waals surface area (Å²) >= 11 is 0. The first-order valence-electron chi connectivity index (χ1n) is 12.5. The molecule has 0 aromatic heterocycles. The lowest BCUT2D eigenvalue weighted by atomic mass is 10.4. The molecule has 0 aliphatic rings. The molecule has 6 nitrogen and oxygen atoms in total. The zero-order valence-corrected chi connectivity index (χ0v) is 24.3. The molecule has 0 bridgehead atoms. The molecule has 32 heavy (non-hydrogen) atoms. The number of nitrogens with zero attached hydrogens (tertiary/aromatic N) is 1. The van der Waals surface area contributed by atoms with Gasteiger partial charge in [-0.2, -0.15) is 0 Å². The van der Waals surface area contributed by atoms with E-state index in [0.717, 1.165) is 62.3 Å². The third-order valence-electron chi connectivity index (χ3n) is 4.28. The van der Waals surface area contributed by atoms with Gasteiger partial charge in [0.2, 0.25) is 0 Å². The Kier molecular flexibility index (Phi) is 21.4. The van der Waals surface area contributed by atoms with E-state index < -0.39 is 0 Å². The van der Waals surface area contributed by atoms with Gasteiger partial charge in [-0.05, 0) is 74.6 Å². The van der Waals surface area contributed by atoms with Crippen LogP contribution in [0.2, 0.25) is 0 Å². The highest BCUT2D eigenvalue weighted by atomic mass is 31.1. The second-order valence-corrected chi connectivity index (χ2v) is 11.9. The maximum Gasteiger partial charge on any atom is 0.161 e. The van der Waals surface area contributed by atoms with Crippen LogP contribution in [-0.2, 0) is 23.7 Å². The van der Waals surface area contributed by atoms with Crippen LogP contribution in [0.4, 0.5) is 0 Å². The molecule has 2 atom stereocenters. The Morgan fingerprint density at radius 1 is 0.594 bits per heavy atom. The molecular formula is C24H53NO5P2. The first kappa shape index (κ1) is 32.6. The van der Waals surface area contributed by atoms with Crippen LogP contribution in [0.1, 0.15) is 62.3 Å². The Hall–Kier alpha value is 0.620. The van der Waals surface area contributed by atoms with Crippen LogP contribution in [0, 0.1) is 0 Å². The number of rotatable bonds is 22. The van der Waals surface area contributed by atoms with Crippen molar-refractivity contribution in [2.45, 2.75) is 99.3 Å². The minimum atomic E-state index is -0.0921. The Labute approximate surface area is 202 Å². The molecule has 0 saturated carbocycles. The number of ether oxygens (including phenoxy) is 5. The van der Waals surface area contributed by atoms with E-state index >= 15 is 0 Å². The topological polar surface area (TPSA) is 49.4 Å². The fourth-order valence-corrected chi connectivity index (χ4v) is 5.27. The van der Waals surface area contributed by atoms with Crippen LogP contribution in [0.15, 0.2) is 0 Å². The Morgan fingerprint density at radius 2 is 0.969 bits per heavy atom. The highest BCUT2D eigenvalue weighted by Crippen LogP contribution is 2.19. The Morgan fingerprint density at radius 3 is 1.28 bits per heavy atom. The average molecular weight is 498 g/mol. The third-order valence-corrected chi connectivity index (χ3v) is 6.68. The second kappa shape index (κ2) is 20.9. The lowest BCUT2D eigenvalue weighted by Gasteiger charge is -2.25. The van der Waals surface area contributed by atoms with E-state index in [1.807, 2.05) is 0 Å². The SMILES string of the molecule is CCOCCN(CCPCC(OC(C)C)OC(C)C)CCPCC(OC(C)C)OC(C)C. The zero-order chi connectivity index (χ0) is 24.4. The van der Waals surface area contributed by atoms with Gasteiger partial charge in [-0.25, -0.2) is 0 Å². The van der Waals surface area contributed by atoms with Crippen LogP contribution in [0.3, 0.4) is 0 Å². The van der Waals surface area contributed by atoms with Gasteiger partial charge in [0.1, 0.15) is 0 Å². The first-order chi connectivity index (χ1) is 15.1. The van der Waals surface area contributed by atoms with E-state index in [-0.39, 0.29) is 37.0 Å². The molecule has 0 fully saturated rings. The molecule has 194 valence electrons. The molecule has 0 aliphatic carbocycles. The molecule has 8 heteroatoms. The van der Waals surface area contributed by atoms with Gasteiger partial charge >= 0.3 is 0 Å². The monoisotopic (exact) mass is 497 g/mol. The quantitative estimate of drug-likeness (QED) is 0.119. The summed E-state index contributed by atoms with van der Waals surface area (Å²) in [4.78, 5) is 2.54. The van der Waals surface area contributed by atoms with Gasteiger partial charge in [-0.3, -0.25) is 0 Å². The average Bonchev–Trinajstić information content (AvgIpc) is 2.65. The maximum absolute atomic E-state index is 5.93. The predicted octanol–water partition coefficient (Wildman–Crippen LogP) is 5.03. The lowest BCUT2D eigenvalue weighted by molar-refractivity contribution is -0.167. The standard InChI is InChI=1S/C24H53NO5P2/c1-10-26-14-11-25(12-15-31-17-23(27-19(2)3)28-20(4)5)13-16-32-18-24(29-21(6)7)30-22(8)9/h19-24,31-32H,10-18H2,1-9H3. The molecule has 0 heterocycles. The van der Waals surface area contributed by atoms with Gasteiger partial charge in [0.05, 0.1) is 31.0 Å². The van der Waals surface area contributed by atoms with Crippen LogP contribution in [0.25, 0.3) is 0 Å². The van der Waals surface area contributed by atoms with E-state index in [9.17, 15) is 0 Å². The van der Waals surface area contributed by atoms with E-state index in [1.165, 1.54) is 12.3 Å². The van der Waals surface area contributed by atoms with Crippen molar-refractivity contribution < 1.29 is 23.7 Å². The van der Waals surface area contributed by atoms with Crippen molar-refractivity contribution in [3.8, 4) is 0 Å². The van der Waals surface area contributed by atoms with Crippen LogP contribution < -0.4 is 0 Å². The summed E-state index contributed by atoms with van der Waals surface area (Å²) in [6.45, 7) is 23.4. The molecule has 0 saturated heterocycles. The summed E-state index contributed by atoms with van der Waals surface area (Å²) < 4.78 is 29.3. The fraction of sp³-hybridized carbons (Fsp3) is 1.00. The van der Waals surface area contributed by atoms with Gasteiger partial charge in [0.25, 0.3) is 0 Å². The molecule has 0 spiro atoms. The van der Waals surface area contributed by atoms with Gasteiger partial charge < -0.3 is 28.6 Å². The summed E-state index contributed by atoms with van der Waals surface area (Å²) in [7, 11) is 1.67. The van der Waals surface area contributed by atoms with Crippen molar-refractivity contribution in [1.29, 1.82) is 0 Å². The molecular weight excluding hydrogens is 444 g/mol. The molecule has 0 aliphatic heterocycles. The molecule has 0 rings (SSSR count). The number of hydrogen-bond donors (Lipinski definition) is 0. The number of hydrogen-bond acceptors (Lipinski definition) is 6. The summed E-state index contributed by atoms with van der Waals surface area (Å²) in [6, 6.07) is 0. The van der Waals surface area contributed by atoms with Crippen molar-refractivity contribution in [3.63, 3.8) is 0 Å². The van der Waals surface area contributed by atoms with Gasteiger partial charge in [0.15, 0.2) is 12.6 Å². The maximum atomic E-state index is 5.93. The third kappa shape index (κ3) is 21.2. The molecule has 0 N–H and O–H groups in total. The van der Waals surface area contributed by atoms with Crippen LogP contribution in [0.5, 0.6) is 0 Å². The summed E-state index contributed by atoms with van der Waals surface area (Å²) in [5, 5.41) is 0. The van der Waals surface area contributed by atoms with Crippen LogP contribution in [-0.4, -0.2) is 99.4 Å². The molecule has 0 aromatic rings. The van der Waals surface area contributed by atoms with E-state index in [0.29, 0.717) is 0 Å². The van der Waals surface area contributed by atoms with Crippen molar-refractivity contribution in [3.05, 3.63) is 0 Å². The lowest BCUT2D eigenvalue weighted by Crippen LogP contribution is -2.33. The molecule has 0 radical (unpaired) electrons. The zero-order valence-electron chi connectivity index (χ0n) is 22.3.